The molecule has 0 aliphatic heterocycles. The summed E-state index contributed by atoms with van der Waals surface area (Å²) in [6, 6.07) is 14.1. The predicted molar refractivity (Wildman–Crippen MR) is 169 cm³/mol. The van der Waals surface area contributed by atoms with Gasteiger partial charge >= 0.3 is 6.30 Å². The minimum Gasteiger partial charge on any atom is -0.211 e. The van der Waals surface area contributed by atoms with E-state index in [0.717, 1.165) is 0 Å². The summed E-state index contributed by atoms with van der Waals surface area (Å²) in [7, 11) is 0. The SMILES string of the molecule is C#CCN=C=O.O=C=NC(F)(F)F.O=C=Nc1c(Cl)cccc1Cl.O=C=Nc1cc(Cl)cc(Cl)c1.O=C=Nc1ccc(Cl)c(Cl)c1. The largest absolute Gasteiger partial charge is 0.513 e. The van der Waals surface area contributed by atoms with E-state index in [4.69, 9.17) is 80.8 Å². The Kier molecular flexibility index (Phi) is 24.7. The molecule has 3 aromatic carbocycles. The van der Waals surface area contributed by atoms with E-state index in [1.54, 1.807) is 36.4 Å². The van der Waals surface area contributed by atoms with Gasteiger partial charge in [0.05, 0.1) is 31.5 Å². The fraction of sp³-hybridized carbons (Fsp3) is 0.0741. The lowest BCUT2D eigenvalue weighted by Gasteiger charge is -1.96. The number of isocyanates is 5. The molecule has 0 N–H and O–H groups in total. The van der Waals surface area contributed by atoms with Crippen LogP contribution in [-0.2, 0) is 24.0 Å². The third kappa shape index (κ3) is 23.1. The maximum absolute atomic E-state index is 10.6. The number of carbonyl (C=O) groups excluding carboxylic acids is 5. The summed E-state index contributed by atoms with van der Waals surface area (Å²) in [6.45, 7) is 0.142. The van der Waals surface area contributed by atoms with Crippen molar-refractivity contribution in [3.05, 3.63) is 84.7 Å². The molecule has 0 aliphatic carbocycles. The number of halogens is 9. The second kappa shape index (κ2) is 25.9. The molecule has 19 heteroatoms. The highest BCUT2D eigenvalue weighted by atomic mass is 35.5. The maximum atomic E-state index is 10.6. The van der Waals surface area contributed by atoms with Gasteiger partial charge < -0.3 is 0 Å². The standard InChI is InChI=1S/3C7H3Cl2NO.C4H3NO.C2F3NO/c8-5-1-6(9)3-7(2-5)10-4-11;8-6-2-1-5(10-4-11)3-7(6)9;8-5-2-1-3-6(9)7(5)10-4-11;1-2-3-5-4-6;3-2(4,5)6-1-7/h3*1-3H;1H,3H2;. The number of aliphatic imine (C=N–C) groups is 5. The summed E-state index contributed by atoms with van der Waals surface area (Å²) in [4.78, 5) is 62.0. The van der Waals surface area contributed by atoms with Crippen LogP contribution in [-0.4, -0.2) is 43.2 Å². The molecule has 0 aliphatic rings. The molecule has 0 bridgehead atoms. The highest BCUT2D eigenvalue weighted by Crippen LogP contribution is 2.32. The zero-order chi connectivity index (χ0) is 35.5. The molecule has 238 valence electrons. The molecule has 0 unspecified atom stereocenters. The van der Waals surface area contributed by atoms with Crippen LogP contribution >= 0.6 is 69.6 Å². The van der Waals surface area contributed by atoms with Gasteiger partial charge in [0, 0.05) is 10.0 Å². The van der Waals surface area contributed by atoms with Crippen molar-refractivity contribution in [2.24, 2.45) is 25.0 Å². The molecule has 0 spiro atoms. The number of hydrogen-bond acceptors (Lipinski definition) is 10. The topological polar surface area (TPSA) is 147 Å². The molecule has 3 aromatic rings. The second-order valence-electron chi connectivity index (χ2n) is 6.69. The highest BCUT2D eigenvalue weighted by Gasteiger charge is 2.25. The van der Waals surface area contributed by atoms with Crippen LogP contribution in [0.25, 0.3) is 0 Å². The molecule has 3 rings (SSSR count). The normalized spacial score (nSPS) is 8.61. The van der Waals surface area contributed by atoms with Gasteiger partial charge in [-0.05, 0) is 48.5 Å². The van der Waals surface area contributed by atoms with Gasteiger partial charge in [-0.2, -0.15) is 20.0 Å². The van der Waals surface area contributed by atoms with Crippen molar-refractivity contribution < 1.29 is 37.1 Å². The number of terminal acetylenes is 1. The summed E-state index contributed by atoms with van der Waals surface area (Å²) in [5.74, 6) is 2.14. The highest BCUT2D eigenvalue weighted by molar-refractivity contribution is 6.42. The molecule has 0 amide bonds. The zero-order valence-electron chi connectivity index (χ0n) is 22.2. The lowest BCUT2D eigenvalue weighted by atomic mass is 10.3. The van der Waals surface area contributed by atoms with Crippen molar-refractivity contribution in [2.45, 2.75) is 6.30 Å². The van der Waals surface area contributed by atoms with Crippen LogP contribution in [0.1, 0.15) is 0 Å². The first-order valence-electron chi connectivity index (χ1n) is 10.9. The quantitative estimate of drug-likeness (QED) is 0.113. The third-order valence-electron chi connectivity index (χ3n) is 3.60. The fourth-order valence-corrected chi connectivity index (χ4v) is 3.32. The first-order valence-corrected chi connectivity index (χ1v) is 13.2. The number of rotatable bonds is 4. The Morgan fingerprint density at radius 3 is 1.50 bits per heavy atom. The molecule has 0 heterocycles. The van der Waals surface area contributed by atoms with E-state index in [2.05, 4.69) is 25.9 Å². The monoisotopic (exact) mass is 753 g/mol. The van der Waals surface area contributed by atoms with Gasteiger partial charge in [-0.1, -0.05) is 81.6 Å². The first-order chi connectivity index (χ1) is 21.7. The van der Waals surface area contributed by atoms with Crippen molar-refractivity contribution in [3.63, 3.8) is 0 Å². The number of alkyl halides is 3. The van der Waals surface area contributed by atoms with Gasteiger partial charge in [0.2, 0.25) is 30.4 Å². The lowest BCUT2D eigenvalue weighted by molar-refractivity contribution is -0.119. The van der Waals surface area contributed by atoms with E-state index in [9.17, 15) is 32.3 Å². The van der Waals surface area contributed by atoms with Crippen LogP contribution < -0.4 is 0 Å². The summed E-state index contributed by atoms with van der Waals surface area (Å²) in [5.41, 5.74) is 1.14. The third-order valence-corrected chi connectivity index (χ3v) is 5.39. The number of para-hydroxylation sites is 1. The van der Waals surface area contributed by atoms with Crippen molar-refractivity contribution >= 4 is 117 Å². The Morgan fingerprint density at radius 2 is 1.13 bits per heavy atom. The average molecular weight is 756 g/mol. The molecule has 10 nitrogen and oxygen atoms in total. The van der Waals surface area contributed by atoms with Gasteiger partial charge in [-0.3, -0.25) is 0 Å². The molecule has 46 heavy (non-hydrogen) atoms. The smallest absolute Gasteiger partial charge is 0.211 e. The Hall–Kier alpha value is -4.35. The van der Waals surface area contributed by atoms with Crippen LogP contribution in [0.4, 0.5) is 30.2 Å². The minimum absolute atomic E-state index is 0.142. The van der Waals surface area contributed by atoms with Crippen molar-refractivity contribution in [1.82, 2.24) is 0 Å². The summed E-state index contributed by atoms with van der Waals surface area (Å²) in [5, 5.41) is 2.42. The molecule has 0 radical (unpaired) electrons. The Labute approximate surface area is 287 Å². The van der Waals surface area contributed by atoms with Crippen LogP contribution in [0, 0.1) is 12.3 Å². The van der Waals surface area contributed by atoms with E-state index in [1.807, 2.05) is 0 Å². The van der Waals surface area contributed by atoms with Gasteiger partial charge in [0.15, 0.2) is 0 Å². The summed E-state index contributed by atoms with van der Waals surface area (Å²) >= 11 is 33.8. The number of nitrogens with zero attached hydrogens (tertiary/aromatic N) is 5. The van der Waals surface area contributed by atoms with Gasteiger partial charge in [-0.15, -0.1) is 24.6 Å². The van der Waals surface area contributed by atoms with Crippen LogP contribution in [0.15, 0.2) is 79.6 Å². The first kappa shape index (κ1) is 43.8. The van der Waals surface area contributed by atoms with Crippen molar-refractivity contribution in [1.29, 1.82) is 0 Å². The Balaban J connectivity index is 0. The van der Waals surface area contributed by atoms with Gasteiger partial charge in [0.25, 0.3) is 0 Å². The zero-order valence-corrected chi connectivity index (χ0v) is 26.7. The number of hydrogen-bond donors (Lipinski definition) is 0. The van der Waals surface area contributed by atoms with Crippen LogP contribution in [0.2, 0.25) is 30.1 Å². The molecule has 0 saturated heterocycles. The van der Waals surface area contributed by atoms with Crippen molar-refractivity contribution in [2.75, 3.05) is 6.54 Å². The summed E-state index contributed by atoms with van der Waals surface area (Å²) in [6.07, 6.45) is 5.77. The van der Waals surface area contributed by atoms with E-state index < -0.39 is 6.30 Å². The lowest BCUT2D eigenvalue weighted by Crippen LogP contribution is -1.99. The molecule has 0 fully saturated rings. The summed E-state index contributed by atoms with van der Waals surface area (Å²) < 4.78 is 31.9. The molecule has 0 aromatic heterocycles. The van der Waals surface area contributed by atoms with E-state index >= 15 is 0 Å². The molecular formula is C27H12Cl6F3N5O5. The Morgan fingerprint density at radius 1 is 0.609 bits per heavy atom. The molecule has 0 atom stereocenters. The molecule has 0 saturated carbocycles. The predicted octanol–water partition coefficient (Wildman–Crippen LogP) is 9.68. The van der Waals surface area contributed by atoms with E-state index in [1.165, 1.54) is 47.5 Å². The minimum atomic E-state index is -4.75. The van der Waals surface area contributed by atoms with E-state index in [-0.39, 0.29) is 12.2 Å². The maximum Gasteiger partial charge on any atom is 0.513 e. The number of benzene rings is 3. The Bertz CT molecular complexity index is 1700. The second-order valence-corrected chi connectivity index (χ2v) is 9.19. The fourth-order valence-electron chi connectivity index (χ4n) is 2.03. The van der Waals surface area contributed by atoms with Gasteiger partial charge in [-0.25, -0.2) is 24.0 Å². The van der Waals surface area contributed by atoms with Gasteiger partial charge in [0.1, 0.15) is 12.2 Å². The van der Waals surface area contributed by atoms with Crippen molar-refractivity contribution in [3.8, 4) is 12.3 Å². The van der Waals surface area contributed by atoms with Crippen LogP contribution in [0.3, 0.4) is 0 Å². The van der Waals surface area contributed by atoms with E-state index in [0.29, 0.717) is 47.6 Å². The molecular weight excluding hydrogens is 744 g/mol. The average Bonchev–Trinajstić information content (AvgIpc) is 2.97. The van der Waals surface area contributed by atoms with Crippen LogP contribution in [0.5, 0.6) is 0 Å².